The summed E-state index contributed by atoms with van der Waals surface area (Å²) < 4.78 is 18.1. The van der Waals surface area contributed by atoms with Gasteiger partial charge < -0.3 is 34.4 Å². The van der Waals surface area contributed by atoms with Crippen LogP contribution in [0, 0.1) is 11.8 Å². The molecule has 0 aliphatic carbocycles. The number of amides is 3. The molecule has 0 radical (unpaired) electrons. The molecule has 2 N–H and O–H groups in total. The molecule has 1 spiro atoms. The van der Waals surface area contributed by atoms with E-state index in [4.69, 9.17) is 14.2 Å². The number of esters is 1. The Labute approximate surface area is 258 Å². The number of nitrogens with zero attached hydrogens (tertiary/aromatic N) is 2. The van der Waals surface area contributed by atoms with Crippen LogP contribution in [0.5, 0.6) is 0 Å². The van der Waals surface area contributed by atoms with Crippen LogP contribution in [-0.2, 0) is 33.4 Å². The van der Waals surface area contributed by atoms with Gasteiger partial charge in [-0.1, -0.05) is 54.6 Å². The minimum absolute atomic E-state index is 0.0361. The highest BCUT2D eigenvalue weighted by atomic mass is 16.6. The molecule has 4 aliphatic heterocycles. The SMILES string of the molecule is COC[C@H]1NC(=O)CC/C=C\CN(C(C)C)C(=O)[C@@H]2N(CCCCO)C(=O)[C@H]3[C@H](C(=O)O[C@@H]1c1ccccc1)[C@@H]1C=C[C@]23O1. The van der Waals surface area contributed by atoms with E-state index in [2.05, 4.69) is 5.32 Å². The number of cyclic esters (lactones) is 1. The number of fused-ring (bicyclic) bond motifs is 2. The highest BCUT2D eigenvalue weighted by Gasteiger charge is 2.73. The molecule has 7 atom stereocenters. The van der Waals surface area contributed by atoms with Gasteiger partial charge in [-0.15, -0.1) is 0 Å². The molecular weight excluding hydrogens is 566 g/mol. The number of likely N-dealkylation sites (tertiary alicyclic amines) is 1. The Balaban J connectivity index is 1.58. The van der Waals surface area contributed by atoms with Crippen molar-refractivity contribution in [3.8, 4) is 0 Å². The molecule has 2 fully saturated rings. The Hall–Kier alpha value is -3.54. The average molecular weight is 610 g/mol. The third-order valence-electron chi connectivity index (χ3n) is 9.03. The molecule has 5 rings (SSSR count). The van der Waals surface area contributed by atoms with Gasteiger partial charge in [0.2, 0.25) is 17.7 Å². The second kappa shape index (κ2) is 13.6. The van der Waals surface area contributed by atoms with Gasteiger partial charge in [-0.3, -0.25) is 19.2 Å². The number of unbranched alkanes of at least 4 members (excludes halogenated alkanes) is 1. The summed E-state index contributed by atoms with van der Waals surface area (Å²) >= 11 is 0. The monoisotopic (exact) mass is 609 g/mol. The zero-order valence-corrected chi connectivity index (χ0v) is 25.6. The van der Waals surface area contributed by atoms with E-state index in [1.165, 1.54) is 7.11 Å². The first kappa shape index (κ1) is 31.9. The highest BCUT2D eigenvalue weighted by Crippen LogP contribution is 2.56. The maximum absolute atomic E-state index is 14.4. The first-order chi connectivity index (χ1) is 21.2. The predicted molar refractivity (Wildman–Crippen MR) is 160 cm³/mol. The van der Waals surface area contributed by atoms with Crippen molar-refractivity contribution in [2.75, 3.05) is 33.4 Å². The fourth-order valence-corrected chi connectivity index (χ4v) is 6.98. The van der Waals surface area contributed by atoms with Crippen molar-refractivity contribution in [1.82, 2.24) is 15.1 Å². The molecular formula is C33H43N3O8. The zero-order valence-electron chi connectivity index (χ0n) is 25.6. The van der Waals surface area contributed by atoms with Gasteiger partial charge >= 0.3 is 5.97 Å². The van der Waals surface area contributed by atoms with Gasteiger partial charge in [0.05, 0.1) is 24.7 Å². The van der Waals surface area contributed by atoms with E-state index in [-0.39, 0.29) is 56.5 Å². The van der Waals surface area contributed by atoms with E-state index in [0.717, 1.165) is 0 Å². The van der Waals surface area contributed by atoms with Crippen molar-refractivity contribution >= 4 is 23.7 Å². The quantitative estimate of drug-likeness (QED) is 0.259. The number of hydrogen-bond donors (Lipinski definition) is 2. The molecule has 238 valence electrons. The number of benzene rings is 1. The van der Waals surface area contributed by atoms with E-state index in [9.17, 15) is 24.3 Å². The van der Waals surface area contributed by atoms with Crippen molar-refractivity contribution in [3.05, 3.63) is 60.2 Å². The normalized spacial score (nSPS) is 33.1. The number of allylic oxidation sites excluding steroid dienone is 1. The second-order valence-corrected chi connectivity index (χ2v) is 12.2. The summed E-state index contributed by atoms with van der Waals surface area (Å²) in [6.45, 7) is 4.40. The van der Waals surface area contributed by atoms with Crippen LogP contribution >= 0.6 is 0 Å². The Kier molecular flexibility index (Phi) is 9.87. The van der Waals surface area contributed by atoms with Crippen molar-refractivity contribution in [2.45, 2.75) is 75.5 Å². The Morgan fingerprint density at radius 2 is 1.86 bits per heavy atom. The summed E-state index contributed by atoms with van der Waals surface area (Å²) in [6, 6.07) is 7.27. The molecule has 4 aliphatic rings. The topological polar surface area (TPSA) is 135 Å². The highest BCUT2D eigenvalue weighted by molar-refractivity contribution is 5.99. The van der Waals surface area contributed by atoms with Gasteiger partial charge in [0, 0.05) is 39.3 Å². The van der Waals surface area contributed by atoms with Gasteiger partial charge in [-0.05, 0) is 38.7 Å². The van der Waals surface area contributed by atoms with E-state index < -0.39 is 47.7 Å². The number of carbonyl (C=O) groups excluding carboxylic acids is 4. The van der Waals surface area contributed by atoms with E-state index in [1.807, 2.05) is 56.3 Å². The van der Waals surface area contributed by atoms with E-state index in [0.29, 0.717) is 24.8 Å². The Morgan fingerprint density at radius 1 is 1.09 bits per heavy atom. The van der Waals surface area contributed by atoms with Crippen LogP contribution in [0.4, 0.5) is 0 Å². The van der Waals surface area contributed by atoms with Crippen LogP contribution < -0.4 is 5.32 Å². The van der Waals surface area contributed by atoms with Crippen molar-refractivity contribution in [1.29, 1.82) is 0 Å². The van der Waals surface area contributed by atoms with E-state index >= 15 is 0 Å². The van der Waals surface area contributed by atoms with Crippen LogP contribution in [0.1, 0.15) is 51.2 Å². The fourth-order valence-electron chi connectivity index (χ4n) is 6.98. The smallest absolute Gasteiger partial charge is 0.313 e. The van der Waals surface area contributed by atoms with E-state index in [1.54, 1.807) is 22.0 Å². The van der Waals surface area contributed by atoms with Crippen LogP contribution in [0.3, 0.4) is 0 Å². The van der Waals surface area contributed by atoms with Crippen molar-refractivity contribution in [2.24, 2.45) is 11.8 Å². The fraction of sp³-hybridized carbons (Fsp3) is 0.576. The van der Waals surface area contributed by atoms with Gasteiger partial charge in [0.15, 0.2) is 0 Å². The van der Waals surface area contributed by atoms with Crippen LogP contribution in [0.15, 0.2) is 54.6 Å². The number of carbonyl (C=O) groups is 4. The summed E-state index contributed by atoms with van der Waals surface area (Å²) in [5.74, 6) is -3.42. The summed E-state index contributed by atoms with van der Waals surface area (Å²) in [5.41, 5.74) is -0.658. The van der Waals surface area contributed by atoms with Crippen LogP contribution in [0.25, 0.3) is 0 Å². The first-order valence-electron chi connectivity index (χ1n) is 15.5. The molecule has 5 bridgehead atoms. The number of aliphatic hydroxyl groups excluding tert-OH is 1. The van der Waals surface area contributed by atoms with Crippen LogP contribution in [0.2, 0.25) is 0 Å². The standard InChI is InChI=1S/C33H43N3O8/c1-21(2)35-17-9-5-8-14-25(38)34-23(20-42-3)28(22-12-6-4-7-13-22)43-32(41)26-24-15-16-33(44-24)27(26)30(39)36(18-10-11-19-37)29(33)31(35)40/h4-7,9,12-13,15-16,21,23-24,26-29,37H,8,10-11,14,17-20H2,1-3H3,(H,34,38)/b9-5-/t23-,24+,26-,27-,28-,29+,33-/m1/s1. The largest absolute Gasteiger partial charge is 0.455 e. The lowest BCUT2D eigenvalue weighted by Crippen LogP contribution is -2.57. The molecule has 0 unspecified atom stereocenters. The number of hydrogen-bond acceptors (Lipinski definition) is 8. The molecule has 44 heavy (non-hydrogen) atoms. The maximum atomic E-state index is 14.4. The van der Waals surface area contributed by atoms with Gasteiger partial charge in [0.25, 0.3) is 0 Å². The molecule has 3 amide bonds. The van der Waals surface area contributed by atoms with Crippen molar-refractivity contribution < 1.29 is 38.5 Å². The summed E-state index contributed by atoms with van der Waals surface area (Å²) in [4.78, 5) is 59.0. The number of ether oxygens (including phenoxy) is 3. The Morgan fingerprint density at radius 3 is 2.57 bits per heavy atom. The third kappa shape index (κ3) is 5.92. The third-order valence-corrected chi connectivity index (χ3v) is 9.03. The molecule has 0 aromatic heterocycles. The van der Waals surface area contributed by atoms with Gasteiger partial charge in [0.1, 0.15) is 23.7 Å². The lowest BCUT2D eigenvalue weighted by molar-refractivity contribution is -0.162. The Bertz CT molecular complexity index is 1280. The molecule has 11 heteroatoms. The molecule has 1 aromatic rings. The first-order valence-corrected chi connectivity index (χ1v) is 15.5. The molecule has 11 nitrogen and oxygen atoms in total. The summed E-state index contributed by atoms with van der Waals surface area (Å²) in [5, 5.41) is 12.4. The minimum Gasteiger partial charge on any atom is -0.455 e. The molecule has 0 saturated carbocycles. The average Bonchev–Trinajstić information content (AvgIpc) is 3.64. The van der Waals surface area contributed by atoms with Crippen molar-refractivity contribution in [3.63, 3.8) is 0 Å². The van der Waals surface area contributed by atoms with Crippen LogP contribution in [-0.4, -0.2) is 102 Å². The lowest BCUT2D eigenvalue weighted by Gasteiger charge is -2.37. The summed E-state index contributed by atoms with van der Waals surface area (Å²) in [6.07, 6.45) is 7.23. The number of methoxy groups -OCH3 is 1. The lowest BCUT2D eigenvalue weighted by atomic mass is 9.74. The summed E-state index contributed by atoms with van der Waals surface area (Å²) in [7, 11) is 1.51. The van der Waals surface area contributed by atoms with Gasteiger partial charge in [-0.2, -0.15) is 0 Å². The number of nitrogens with one attached hydrogen (secondary N) is 1. The zero-order chi connectivity index (χ0) is 31.4. The predicted octanol–water partition coefficient (Wildman–Crippen LogP) is 1.91. The maximum Gasteiger partial charge on any atom is 0.313 e. The molecule has 1 aromatic carbocycles. The van der Waals surface area contributed by atoms with Gasteiger partial charge in [-0.25, -0.2) is 0 Å². The second-order valence-electron chi connectivity index (χ2n) is 12.2. The number of rotatable bonds is 8. The molecule has 2 saturated heterocycles. The minimum atomic E-state index is -1.32. The number of aliphatic hydroxyl groups is 1. The molecule has 4 heterocycles.